The molecule has 90 valence electrons. The molecule has 1 N–H and O–H groups in total. The van der Waals surface area contributed by atoms with Crippen molar-refractivity contribution in [2.75, 3.05) is 16.4 Å². The van der Waals surface area contributed by atoms with Gasteiger partial charge < -0.3 is 0 Å². The van der Waals surface area contributed by atoms with Crippen LogP contribution in [0.2, 0.25) is 0 Å². The van der Waals surface area contributed by atoms with Gasteiger partial charge in [-0.1, -0.05) is 12.1 Å². The Morgan fingerprint density at radius 2 is 2.12 bits per heavy atom. The fraction of sp³-hybridized carbons (Fsp3) is 0.182. The minimum Gasteiger partial charge on any atom is -0.283 e. The molecule has 0 bridgehead atoms. The average Bonchev–Trinajstić information content (AvgIpc) is 2.29. The topological polar surface area (TPSA) is 59.1 Å². The Balaban J connectivity index is 2.43. The Bertz CT molecular complexity index is 623. The summed E-state index contributed by atoms with van der Waals surface area (Å²) in [6, 6.07) is 7.15. The molecule has 2 rings (SSSR count). The van der Waals surface area contributed by atoms with Gasteiger partial charge in [-0.25, -0.2) is 8.42 Å². The number of hydrogen-bond donors (Lipinski definition) is 1. The number of rotatable bonds is 4. The molecule has 0 aliphatic heterocycles. The van der Waals surface area contributed by atoms with Crippen LogP contribution in [0.3, 0.4) is 0 Å². The van der Waals surface area contributed by atoms with Crippen LogP contribution in [0.5, 0.6) is 0 Å². The van der Waals surface area contributed by atoms with Crippen molar-refractivity contribution in [3.8, 4) is 0 Å². The van der Waals surface area contributed by atoms with E-state index in [9.17, 15) is 8.42 Å². The maximum absolute atomic E-state index is 11.6. The lowest BCUT2D eigenvalue weighted by Crippen LogP contribution is -2.17. The first-order valence-electron chi connectivity index (χ1n) is 5.01. The first-order valence-corrected chi connectivity index (χ1v) is 7.20. The van der Waals surface area contributed by atoms with E-state index in [1.165, 1.54) is 0 Å². The van der Waals surface area contributed by atoms with E-state index in [4.69, 9.17) is 11.6 Å². The molecule has 0 fully saturated rings. The standard InChI is InChI=1S/C11H11ClN2O2S/c12-5-7-17(15,16)14-11-3-1-2-9-8-13-6-4-10(9)11/h1-4,6,8,14H,5,7H2. The lowest BCUT2D eigenvalue weighted by Gasteiger charge is -2.09. The Hall–Kier alpha value is -1.33. The molecule has 0 aliphatic rings. The highest BCUT2D eigenvalue weighted by atomic mass is 35.5. The van der Waals surface area contributed by atoms with Gasteiger partial charge in [0.25, 0.3) is 0 Å². The van der Waals surface area contributed by atoms with Crippen LogP contribution < -0.4 is 4.72 Å². The molecule has 0 radical (unpaired) electrons. The van der Waals surface area contributed by atoms with E-state index in [0.717, 1.165) is 10.8 Å². The quantitative estimate of drug-likeness (QED) is 0.867. The molecule has 4 nitrogen and oxygen atoms in total. The second kappa shape index (κ2) is 4.89. The molecule has 0 saturated carbocycles. The molecule has 0 unspecified atom stereocenters. The third-order valence-electron chi connectivity index (χ3n) is 2.29. The predicted octanol–water partition coefficient (Wildman–Crippen LogP) is 2.22. The van der Waals surface area contributed by atoms with Gasteiger partial charge in [-0.3, -0.25) is 9.71 Å². The number of halogens is 1. The van der Waals surface area contributed by atoms with E-state index < -0.39 is 10.0 Å². The third-order valence-corrected chi connectivity index (χ3v) is 3.98. The van der Waals surface area contributed by atoms with Gasteiger partial charge in [-0.05, 0) is 12.1 Å². The zero-order chi connectivity index (χ0) is 12.3. The maximum Gasteiger partial charge on any atom is 0.233 e. The van der Waals surface area contributed by atoms with Crippen molar-refractivity contribution < 1.29 is 8.42 Å². The van der Waals surface area contributed by atoms with Crippen LogP contribution in [-0.4, -0.2) is 25.0 Å². The molecule has 2 aromatic rings. The molecule has 1 aromatic carbocycles. The van der Waals surface area contributed by atoms with Crippen molar-refractivity contribution in [3.63, 3.8) is 0 Å². The van der Waals surface area contributed by atoms with Gasteiger partial charge in [0.2, 0.25) is 10.0 Å². The average molecular weight is 271 g/mol. The van der Waals surface area contributed by atoms with Gasteiger partial charge in [-0.2, -0.15) is 0 Å². The molecule has 0 atom stereocenters. The molecule has 0 saturated heterocycles. The Kier molecular flexibility index (Phi) is 3.49. The summed E-state index contributed by atoms with van der Waals surface area (Å²) in [7, 11) is -3.38. The second-order valence-electron chi connectivity index (χ2n) is 3.51. The summed E-state index contributed by atoms with van der Waals surface area (Å²) in [6.45, 7) is 0. The molecule has 0 aliphatic carbocycles. The van der Waals surface area contributed by atoms with Gasteiger partial charge >= 0.3 is 0 Å². The summed E-state index contributed by atoms with van der Waals surface area (Å²) in [5.74, 6) is -0.0301. The zero-order valence-electron chi connectivity index (χ0n) is 8.93. The smallest absolute Gasteiger partial charge is 0.233 e. The molecule has 17 heavy (non-hydrogen) atoms. The number of fused-ring (bicyclic) bond motifs is 1. The first-order chi connectivity index (χ1) is 8.12. The number of nitrogens with zero attached hydrogens (tertiary/aromatic N) is 1. The lowest BCUT2D eigenvalue weighted by atomic mass is 10.1. The fourth-order valence-corrected chi connectivity index (χ4v) is 2.96. The van der Waals surface area contributed by atoms with Crippen LogP contribution in [0.15, 0.2) is 36.7 Å². The summed E-state index contributed by atoms with van der Waals surface area (Å²) < 4.78 is 25.8. The predicted molar refractivity (Wildman–Crippen MR) is 69.9 cm³/mol. The highest BCUT2D eigenvalue weighted by Gasteiger charge is 2.10. The molecule has 6 heteroatoms. The summed E-state index contributed by atoms with van der Waals surface area (Å²) in [5.41, 5.74) is 0.551. The Morgan fingerprint density at radius 3 is 2.88 bits per heavy atom. The van der Waals surface area contributed by atoms with Crippen molar-refractivity contribution in [2.45, 2.75) is 0 Å². The zero-order valence-corrected chi connectivity index (χ0v) is 10.5. The van der Waals surface area contributed by atoms with Gasteiger partial charge in [0.05, 0.1) is 11.4 Å². The van der Waals surface area contributed by atoms with Crippen molar-refractivity contribution in [1.82, 2.24) is 4.98 Å². The number of pyridine rings is 1. The molecule has 1 aromatic heterocycles. The van der Waals surface area contributed by atoms with Crippen molar-refractivity contribution in [3.05, 3.63) is 36.7 Å². The maximum atomic E-state index is 11.6. The molecular formula is C11H11ClN2O2S. The normalized spacial score (nSPS) is 11.6. The van der Waals surface area contributed by atoms with Crippen molar-refractivity contribution in [2.24, 2.45) is 0 Å². The van der Waals surface area contributed by atoms with Crippen LogP contribution in [0.1, 0.15) is 0 Å². The van der Waals surface area contributed by atoms with E-state index in [1.54, 1.807) is 30.6 Å². The van der Waals surface area contributed by atoms with E-state index in [-0.39, 0.29) is 11.6 Å². The number of sulfonamides is 1. The van der Waals surface area contributed by atoms with E-state index in [2.05, 4.69) is 9.71 Å². The van der Waals surface area contributed by atoms with Crippen molar-refractivity contribution in [1.29, 1.82) is 0 Å². The van der Waals surface area contributed by atoms with Gasteiger partial charge in [-0.15, -0.1) is 11.6 Å². The van der Waals surface area contributed by atoms with Gasteiger partial charge in [0.15, 0.2) is 0 Å². The summed E-state index contributed by atoms with van der Waals surface area (Å²) in [5, 5.41) is 1.71. The SMILES string of the molecule is O=S(=O)(CCCl)Nc1cccc2cnccc12. The first kappa shape index (κ1) is 12.1. The number of alkyl halides is 1. The van der Waals surface area contributed by atoms with E-state index in [0.29, 0.717) is 5.69 Å². The van der Waals surface area contributed by atoms with E-state index in [1.807, 2.05) is 6.07 Å². The van der Waals surface area contributed by atoms with Crippen LogP contribution in [0, 0.1) is 0 Å². The van der Waals surface area contributed by atoms with E-state index >= 15 is 0 Å². The highest BCUT2D eigenvalue weighted by Crippen LogP contribution is 2.23. The fourth-order valence-electron chi connectivity index (χ4n) is 1.53. The second-order valence-corrected chi connectivity index (χ2v) is 5.73. The lowest BCUT2D eigenvalue weighted by molar-refractivity contribution is 0.602. The highest BCUT2D eigenvalue weighted by molar-refractivity contribution is 7.92. The largest absolute Gasteiger partial charge is 0.283 e. The number of aromatic nitrogens is 1. The van der Waals surface area contributed by atoms with Crippen LogP contribution in [-0.2, 0) is 10.0 Å². The molecule has 0 spiro atoms. The number of benzene rings is 1. The number of hydrogen-bond acceptors (Lipinski definition) is 3. The monoisotopic (exact) mass is 270 g/mol. The van der Waals surface area contributed by atoms with Crippen LogP contribution >= 0.6 is 11.6 Å². The van der Waals surface area contributed by atoms with Crippen molar-refractivity contribution >= 4 is 38.1 Å². The minimum atomic E-state index is -3.38. The third kappa shape index (κ3) is 2.87. The van der Waals surface area contributed by atoms with Crippen LogP contribution in [0.25, 0.3) is 10.8 Å². The molecule has 0 amide bonds. The molecular weight excluding hydrogens is 260 g/mol. The number of nitrogens with one attached hydrogen (secondary N) is 1. The number of anilines is 1. The Labute approximate surface area is 105 Å². The minimum absolute atomic E-state index is 0.0711. The summed E-state index contributed by atoms with van der Waals surface area (Å²) >= 11 is 5.44. The van der Waals surface area contributed by atoms with Gasteiger partial charge in [0, 0.05) is 29.0 Å². The van der Waals surface area contributed by atoms with Crippen LogP contribution in [0.4, 0.5) is 5.69 Å². The Morgan fingerprint density at radius 1 is 1.29 bits per heavy atom. The molecule has 1 heterocycles. The van der Waals surface area contributed by atoms with Gasteiger partial charge in [0.1, 0.15) is 0 Å². The summed E-state index contributed by atoms with van der Waals surface area (Å²) in [6.07, 6.45) is 3.32. The summed E-state index contributed by atoms with van der Waals surface area (Å²) in [4.78, 5) is 3.99.